The molecule has 1 aliphatic carbocycles. The second-order valence-electron chi connectivity index (χ2n) is 4.52. The van der Waals surface area contributed by atoms with Crippen molar-refractivity contribution in [1.82, 2.24) is 4.98 Å². The molecular weight excluding hydrogens is 372 g/mol. The van der Waals surface area contributed by atoms with E-state index in [2.05, 4.69) is 63.3 Å². The molecule has 5 heteroatoms. The van der Waals surface area contributed by atoms with Crippen LogP contribution in [0.15, 0.2) is 17.3 Å². The van der Waals surface area contributed by atoms with Crippen LogP contribution in [0.4, 0.5) is 0 Å². The molecule has 1 aromatic rings. The molecular formula is C14H21Cl2NSiZr. The van der Waals surface area contributed by atoms with Crippen molar-refractivity contribution < 1.29 is 51.0 Å². The Balaban J connectivity index is -0.000000233. The molecule has 0 saturated heterocycles. The standard InChI is InChI=1S/C7H10N.C7H11Si.2ClH.Zr/c1-5-4-8-7(3)6(5)2;1-8(2)7-5-3-4-6-7;;;/h8H,1-3H3;3,5,8H,4H2,1-2H3;2*1H;/q2*-1;;;+4/p-2. The zero-order valence-electron chi connectivity index (χ0n) is 12.2. The van der Waals surface area contributed by atoms with Gasteiger partial charge < -0.3 is 29.8 Å². The largest absolute Gasteiger partial charge is 4.00 e. The summed E-state index contributed by atoms with van der Waals surface area (Å²) in [7, 11) is -0.504. The van der Waals surface area contributed by atoms with Crippen LogP contribution in [-0.4, -0.2) is 13.8 Å². The first kappa shape index (κ1) is 24.5. The van der Waals surface area contributed by atoms with Crippen molar-refractivity contribution in [2.75, 3.05) is 0 Å². The van der Waals surface area contributed by atoms with Crippen LogP contribution in [0, 0.1) is 33.0 Å². The second kappa shape index (κ2) is 12.2. The van der Waals surface area contributed by atoms with Gasteiger partial charge in [-0.15, -0.1) is 18.3 Å². The zero-order chi connectivity index (χ0) is 12.1. The first-order chi connectivity index (χ1) is 7.52. The maximum Gasteiger partial charge on any atom is 4.00 e. The van der Waals surface area contributed by atoms with Crippen LogP contribution < -0.4 is 24.8 Å². The molecule has 19 heavy (non-hydrogen) atoms. The number of H-pyrrole nitrogens is 1. The quantitative estimate of drug-likeness (QED) is 0.400. The van der Waals surface area contributed by atoms with E-state index in [9.17, 15) is 0 Å². The topological polar surface area (TPSA) is 15.8 Å². The summed E-state index contributed by atoms with van der Waals surface area (Å²) < 4.78 is 0. The van der Waals surface area contributed by atoms with Crippen molar-refractivity contribution in [2.24, 2.45) is 0 Å². The van der Waals surface area contributed by atoms with Crippen molar-refractivity contribution in [1.29, 1.82) is 0 Å². The van der Waals surface area contributed by atoms with Crippen LogP contribution in [0.2, 0.25) is 13.1 Å². The van der Waals surface area contributed by atoms with Gasteiger partial charge in [0, 0.05) is 8.80 Å². The fraction of sp³-hybridized carbons (Fsp3) is 0.429. The Labute approximate surface area is 150 Å². The van der Waals surface area contributed by atoms with Gasteiger partial charge in [0.2, 0.25) is 0 Å². The van der Waals surface area contributed by atoms with Gasteiger partial charge in [-0.1, -0.05) is 33.9 Å². The van der Waals surface area contributed by atoms with E-state index in [1.165, 1.54) is 22.0 Å². The van der Waals surface area contributed by atoms with Gasteiger partial charge in [-0.3, -0.25) is 6.08 Å². The third-order valence-corrected chi connectivity index (χ3v) is 4.55. The Morgan fingerprint density at radius 3 is 1.89 bits per heavy atom. The van der Waals surface area contributed by atoms with E-state index in [0.717, 1.165) is 6.42 Å². The molecule has 1 nitrogen and oxygen atoms in total. The van der Waals surface area contributed by atoms with Crippen LogP contribution in [0.5, 0.6) is 0 Å². The van der Waals surface area contributed by atoms with Crippen LogP contribution in [-0.2, 0) is 26.2 Å². The summed E-state index contributed by atoms with van der Waals surface area (Å²) >= 11 is 0. The molecule has 0 radical (unpaired) electrons. The van der Waals surface area contributed by atoms with E-state index in [4.69, 9.17) is 0 Å². The molecule has 1 aromatic heterocycles. The molecule has 104 valence electrons. The van der Waals surface area contributed by atoms with Gasteiger partial charge in [0.25, 0.3) is 0 Å². The molecule has 0 atom stereocenters. The van der Waals surface area contributed by atoms with Gasteiger partial charge in [-0.25, -0.2) is 11.3 Å². The summed E-state index contributed by atoms with van der Waals surface area (Å²) in [4.78, 5) is 3.01. The summed E-state index contributed by atoms with van der Waals surface area (Å²) in [5, 5.41) is 1.50. The predicted molar refractivity (Wildman–Crippen MR) is 73.2 cm³/mol. The first-order valence-corrected chi connectivity index (χ1v) is 8.71. The number of nitrogens with one attached hydrogen (secondary N) is 1. The molecule has 0 aliphatic heterocycles. The minimum atomic E-state index is -0.504. The molecule has 1 heterocycles. The van der Waals surface area contributed by atoms with E-state index >= 15 is 0 Å². The van der Waals surface area contributed by atoms with Crippen molar-refractivity contribution >= 4 is 8.80 Å². The molecule has 0 aromatic carbocycles. The minimum absolute atomic E-state index is 0. The van der Waals surface area contributed by atoms with Gasteiger partial charge in [0.1, 0.15) is 0 Å². The van der Waals surface area contributed by atoms with E-state index < -0.39 is 8.80 Å². The average molecular weight is 394 g/mol. The fourth-order valence-electron chi connectivity index (χ4n) is 1.47. The van der Waals surface area contributed by atoms with Gasteiger partial charge in [-0.05, 0) is 0 Å². The zero-order valence-corrected chi connectivity index (χ0v) is 17.3. The number of halogens is 2. The number of hydrogen-bond acceptors (Lipinski definition) is 0. The monoisotopic (exact) mass is 391 g/mol. The number of hydrogen-bond donors (Lipinski definition) is 1. The molecule has 0 amide bonds. The smallest absolute Gasteiger partial charge is 1.00 e. The molecule has 0 unspecified atom stereocenters. The van der Waals surface area contributed by atoms with Crippen molar-refractivity contribution in [3.05, 3.63) is 46.4 Å². The van der Waals surface area contributed by atoms with E-state index in [1.807, 2.05) is 0 Å². The molecule has 0 spiro atoms. The minimum Gasteiger partial charge on any atom is -1.00 e. The SMILES string of the molecule is C[SiH](C)C1=[C-]CC=C1.Cc1[c-][nH]c(C)c1C.[Cl-].[Cl-].[Zr+4]. The number of aromatic nitrogens is 1. The number of aryl methyl sites for hydroxylation is 2. The van der Waals surface area contributed by atoms with Gasteiger partial charge in [0.05, 0.1) is 0 Å². The molecule has 0 fully saturated rings. The maximum absolute atomic E-state index is 3.32. The van der Waals surface area contributed by atoms with E-state index in [-0.39, 0.29) is 51.0 Å². The summed E-state index contributed by atoms with van der Waals surface area (Å²) in [5.74, 6) is 0. The predicted octanol–water partition coefficient (Wildman–Crippen LogP) is -2.55. The molecule has 0 bridgehead atoms. The Kier molecular flexibility index (Phi) is 15.7. The molecule has 2 rings (SSSR count). The third kappa shape index (κ3) is 8.34. The second-order valence-corrected chi connectivity index (χ2v) is 7.45. The van der Waals surface area contributed by atoms with Crippen LogP contribution in [0.25, 0.3) is 0 Å². The van der Waals surface area contributed by atoms with E-state index in [0.29, 0.717) is 0 Å². The van der Waals surface area contributed by atoms with Gasteiger partial charge >= 0.3 is 26.2 Å². The fourth-order valence-corrected chi connectivity index (χ4v) is 2.52. The van der Waals surface area contributed by atoms with Gasteiger partial charge in [-0.2, -0.15) is 17.2 Å². The number of allylic oxidation sites excluding steroid dienone is 4. The number of rotatable bonds is 1. The number of aromatic amines is 1. The van der Waals surface area contributed by atoms with E-state index in [1.54, 1.807) is 0 Å². The van der Waals surface area contributed by atoms with Crippen molar-refractivity contribution in [3.63, 3.8) is 0 Å². The molecule has 0 saturated carbocycles. The van der Waals surface area contributed by atoms with Crippen molar-refractivity contribution in [3.8, 4) is 0 Å². The Bertz CT molecular complexity index is 392. The molecule has 1 N–H and O–H groups in total. The molecule has 1 aliphatic rings. The Hall–Kier alpha value is 0.440. The summed E-state index contributed by atoms with van der Waals surface area (Å²) in [6.45, 7) is 10.9. The Morgan fingerprint density at radius 2 is 1.74 bits per heavy atom. The van der Waals surface area contributed by atoms with Crippen molar-refractivity contribution in [2.45, 2.75) is 40.3 Å². The summed E-state index contributed by atoms with van der Waals surface area (Å²) in [5.41, 5.74) is 3.77. The first-order valence-electron chi connectivity index (χ1n) is 5.83. The van der Waals surface area contributed by atoms with Gasteiger partial charge in [0.15, 0.2) is 0 Å². The van der Waals surface area contributed by atoms with Crippen LogP contribution in [0.3, 0.4) is 0 Å². The normalized spacial score (nSPS) is 11.6. The van der Waals surface area contributed by atoms with Crippen LogP contribution >= 0.6 is 0 Å². The summed E-state index contributed by atoms with van der Waals surface area (Å²) in [6.07, 6.45) is 11.8. The maximum atomic E-state index is 3.32. The average Bonchev–Trinajstić information content (AvgIpc) is 2.86. The summed E-state index contributed by atoms with van der Waals surface area (Å²) in [6, 6.07) is 0. The Morgan fingerprint density at radius 1 is 1.16 bits per heavy atom. The third-order valence-electron chi connectivity index (χ3n) is 2.91. The van der Waals surface area contributed by atoms with Crippen LogP contribution in [0.1, 0.15) is 23.2 Å².